The monoisotopic (exact) mass is 267 g/mol. The minimum Gasteiger partial charge on any atom is -0.444 e. The van der Waals surface area contributed by atoms with Gasteiger partial charge in [0.05, 0.1) is 0 Å². The number of hydrogen-bond acceptors (Lipinski definition) is 3. The van der Waals surface area contributed by atoms with Gasteiger partial charge in [-0.25, -0.2) is 4.79 Å². The third-order valence-corrected chi connectivity index (χ3v) is 3.41. The van der Waals surface area contributed by atoms with Gasteiger partial charge in [-0.05, 0) is 46.5 Å². The van der Waals surface area contributed by atoms with Crippen LogP contribution in [-0.2, 0) is 9.53 Å². The van der Waals surface area contributed by atoms with E-state index in [1.165, 1.54) is 0 Å². The van der Waals surface area contributed by atoms with Gasteiger partial charge in [0.2, 0.25) is 0 Å². The zero-order chi connectivity index (χ0) is 14.6. The van der Waals surface area contributed by atoms with Crippen molar-refractivity contribution in [2.75, 3.05) is 0 Å². The lowest BCUT2D eigenvalue weighted by atomic mass is 9.78. The molecule has 1 aliphatic carbocycles. The summed E-state index contributed by atoms with van der Waals surface area (Å²) in [6.07, 6.45) is 3.68. The van der Waals surface area contributed by atoms with Crippen LogP contribution in [0.15, 0.2) is 12.7 Å². The van der Waals surface area contributed by atoms with Gasteiger partial charge in [-0.15, -0.1) is 6.58 Å². The third-order valence-electron chi connectivity index (χ3n) is 3.41. The number of nitrogens with one attached hydrogen (secondary N) is 1. The summed E-state index contributed by atoms with van der Waals surface area (Å²) in [6, 6.07) is -0.187. The topological polar surface area (TPSA) is 55.4 Å². The number of carbonyl (C=O) groups excluding carboxylic acids is 2. The first-order valence-electron chi connectivity index (χ1n) is 6.87. The molecule has 0 aliphatic heterocycles. The van der Waals surface area contributed by atoms with E-state index in [-0.39, 0.29) is 23.7 Å². The van der Waals surface area contributed by atoms with Crippen molar-refractivity contribution >= 4 is 11.9 Å². The lowest BCUT2D eigenvalue weighted by Crippen LogP contribution is -2.45. The Labute approximate surface area is 115 Å². The Morgan fingerprint density at radius 2 is 2.11 bits per heavy atom. The van der Waals surface area contributed by atoms with Crippen LogP contribution in [0.25, 0.3) is 0 Å². The van der Waals surface area contributed by atoms with E-state index in [0.29, 0.717) is 6.42 Å². The fourth-order valence-corrected chi connectivity index (χ4v) is 2.39. The summed E-state index contributed by atoms with van der Waals surface area (Å²) < 4.78 is 5.20. The van der Waals surface area contributed by atoms with E-state index >= 15 is 0 Å². The van der Waals surface area contributed by atoms with E-state index in [1.54, 1.807) is 0 Å². The molecule has 4 nitrogen and oxygen atoms in total. The molecule has 0 bridgehead atoms. The van der Waals surface area contributed by atoms with Crippen LogP contribution in [0, 0.1) is 11.8 Å². The third kappa shape index (κ3) is 5.05. The average Bonchev–Trinajstić information content (AvgIpc) is 2.25. The van der Waals surface area contributed by atoms with Crippen molar-refractivity contribution in [1.29, 1.82) is 0 Å². The highest BCUT2D eigenvalue weighted by Gasteiger charge is 2.32. The van der Waals surface area contributed by atoms with Gasteiger partial charge in [0.25, 0.3) is 0 Å². The molecule has 1 aliphatic rings. The summed E-state index contributed by atoms with van der Waals surface area (Å²) in [4.78, 5) is 23.7. The highest BCUT2D eigenvalue weighted by molar-refractivity contribution is 5.83. The molecule has 0 aromatic heterocycles. The Hall–Kier alpha value is -1.32. The molecule has 19 heavy (non-hydrogen) atoms. The van der Waals surface area contributed by atoms with Gasteiger partial charge in [0, 0.05) is 18.4 Å². The molecule has 3 atom stereocenters. The summed E-state index contributed by atoms with van der Waals surface area (Å²) in [6.45, 7) is 11.0. The van der Waals surface area contributed by atoms with Crippen LogP contribution >= 0.6 is 0 Å². The molecule has 0 saturated heterocycles. The van der Waals surface area contributed by atoms with Gasteiger partial charge in [0.1, 0.15) is 11.4 Å². The van der Waals surface area contributed by atoms with E-state index in [9.17, 15) is 9.59 Å². The van der Waals surface area contributed by atoms with Gasteiger partial charge in [-0.3, -0.25) is 4.79 Å². The summed E-state index contributed by atoms with van der Waals surface area (Å²) in [5.41, 5.74) is -0.520. The van der Waals surface area contributed by atoms with Gasteiger partial charge in [-0.1, -0.05) is 6.08 Å². The Bertz CT molecular complexity index is 357. The summed E-state index contributed by atoms with van der Waals surface area (Å²) in [7, 11) is 0. The Kier molecular flexibility index (Phi) is 5.15. The number of amides is 1. The second-order valence-electron chi connectivity index (χ2n) is 6.28. The van der Waals surface area contributed by atoms with Crippen molar-refractivity contribution in [3.05, 3.63) is 12.7 Å². The highest BCUT2D eigenvalue weighted by atomic mass is 16.6. The number of allylic oxidation sites excluding steroid dienone is 1. The lowest BCUT2D eigenvalue weighted by Gasteiger charge is -2.30. The molecule has 2 unspecified atom stereocenters. The minimum atomic E-state index is -0.520. The number of Topliss-reactive ketones (excluding diaryl/α,β-unsaturated/α-hetero) is 1. The number of alkyl carbamates (subject to hydrolysis) is 1. The van der Waals surface area contributed by atoms with Crippen LogP contribution in [0.3, 0.4) is 0 Å². The highest BCUT2D eigenvalue weighted by Crippen LogP contribution is 2.28. The number of hydrogen-bond donors (Lipinski definition) is 1. The van der Waals surface area contributed by atoms with Crippen LogP contribution in [-0.4, -0.2) is 23.5 Å². The zero-order valence-electron chi connectivity index (χ0n) is 12.4. The molecule has 4 heteroatoms. The van der Waals surface area contributed by atoms with Crippen LogP contribution in [0.5, 0.6) is 0 Å². The minimum absolute atomic E-state index is 0.108. The van der Waals surface area contributed by atoms with E-state index in [1.807, 2.05) is 33.8 Å². The van der Waals surface area contributed by atoms with Crippen molar-refractivity contribution in [3.8, 4) is 0 Å². The van der Waals surface area contributed by atoms with Crippen molar-refractivity contribution in [2.24, 2.45) is 11.8 Å². The van der Waals surface area contributed by atoms with Crippen molar-refractivity contribution in [3.63, 3.8) is 0 Å². The molecule has 0 aromatic rings. The maximum atomic E-state index is 12.0. The van der Waals surface area contributed by atoms with Gasteiger partial charge >= 0.3 is 6.09 Å². The number of ketones is 1. The predicted octanol–water partition coefficient (Wildman–Crippen LogP) is 3.07. The predicted molar refractivity (Wildman–Crippen MR) is 74.9 cm³/mol. The van der Waals surface area contributed by atoms with Crippen LogP contribution in [0.2, 0.25) is 0 Å². The van der Waals surface area contributed by atoms with E-state index in [2.05, 4.69) is 11.9 Å². The fraction of sp³-hybridized carbons (Fsp3) is 0.733. The van der Waals surface area contributed by atoms with Crippen LogP contribution < -0.4 is 5.32 Å². The molecule has 0 heterocycles. The summed E-state index contributed by atoms with van der Waals surface area (Å²) in [5, 5.41) is 2.76. The number of rotatable bonds is 3. The number of carbonyl (C=O) groups is 2. The number of ether oxygens (including phenoxy) is 1. The molecule has 1 fully saturated rings. The fourth-order valence-electron chi connectivity index (χ4n) is 2.39. The van der Waals surface area contributed by atoms with Gasteiger partial charge in [0.15, 0.2) is 0 Å². The smallest absolute Gasteiger partial charge is 0.407 e. The molecule has 108 valence electrons. The second-order valence-corrected chi connectivity index (χ2v) is 6.28. The molecule has 0 radical (unpaired) electrons. The molecule has 1 N–H and O–H groups in total. The normalized spacial score (nSPS) is 25.6. The van der Waals surface area contributed by atoms with Gasteiger partial charge < -0.3 is 10.1 Å². The van der Waals surface area contributed by atoms with E-state index < -0.39 is 11.7 Å². The summed E-state index contributed by atoms with van der Waals surface area (Å²) >= 11 is 0. The molecule has 1 saturated carbocycles. The van der Waals surface area contributed by atoms with Crippen molar-refractivity contribution < 1.29 is 14.3 Å². The molecule has 0 aromatic carbocycles. The molecule has 0 spiro atoms. The molecular formula is C15H25NO3. The quantitative estimate of drug-likeness (QED) is 0.799. The zero-order valence-corrected chi connectivity index (χ0v) is 12.4. The van der Waals surface area contributed by atoms with Crippen molar-refractivity contribution in [2.45, 2.75) is 58.6 Å². The first-order valence-corrected chi connectivity index (χ1v) is 6.87. The summed E-state index contributed by atoms with van der Waals surface area (Å²) in [5.74, 6) is 0.390. The van der Waals surface area contributed by atoms with Crippen LogP contribution in [0.1, 0.15) is 47.0 Å². The van der Waals surface area contributed by atoms with Crippen LogP contribution in [0.4, 0.5) is 4.79 Å². The Morgan fingerprint density at radius 3 is 2.58 bits per heavy atom. The molecular weight excluding hydrogens is 242 g/mol. The second kappa shape index (κ2) is 6.22. The lowest BCUT2D eigenvalue weighted by molar-refractivity contribution is -0.126. The molecule has 1 amide bonds. The maximum absolute atomic E-state index is 12.0. The van der Waals surface area contributed by atoms with Gasteiger partial charge in [-0.2, -0.15) is 0 Å². The Balaban J connectivity index is 2.50. The van der Waals surface area contributed by atoms with E-state index in [4.69, 9.17) is 4.74 Å². The standard InChI is InChI=1S/C15H25NO3/c1-6-11-7-8-12(13(17)9-11)10(2)16-14(18)19-15(3,4)5/h6,10-12H,1,7-9H2,2-5H3,(H,16,18)/t10?,11-,12?/m1/s1. The average molecular weight is 267 g/mol. The largest absolute Gasteiger partial charge is 0.444 e. The maximum Gasteiger partial charge on any atom is 0.407 e. The van der Waals surface area contributed by atoms with Crippen molar-refractivity contribution in [1.82, 2.24) is 5.32 Å². The molecule has 1 rings (SSSR count). The Morgan fingerprint density at radius 1 is 1.47 bits per heavy atom. The SMILES string of the molecule is C=C[C@@H]1CCC(C(C)NC(=O)OC(C)(C)C)C(=O)C1. The first kappa shape index (κ1) is 15.7. The first-order chi connectivity index (χ1) is 8.73. The van der Waals surface area contributed by atoms with E-state index in [0.717, 1.165) is 12.8 Å².